The zero-order valence-electron chi connectivity index (χ0n) is 12.4. The van der Waals surface area contributed by atoms with Crippen molar-refractivity contribution in [3.05, 3.63) is 53.5 Å². The molecule has 0 aliphatic rings. The predicted molar refractivity (Wildman–Crippen MR) is 88.9 cm³/mol. The van der Waals surface area contributed by atoms with Crippen LogP contribution in [0.15, 0.2) is 52.4 Å². The van der Waals surface area contributed by atoms with Gasteiger partial charge in [0.25, 0.3) is 11.8 Å². The Morgan fingerprint density at radius 2 is 2.04 bits per heavy atom. The first-order valence-electron chi connectivity index (χ1n) is 6.95. The lowest BCUT2D eigenvalue weighted by Gasteiger charge is -2.06. The van der Waals surface area contributed by atoms with Crippen LogP contribution in [0.2, 0.25) is 0 Å². The molecule has 3 rings (SSSR count). The van der Waals surface area contributed by atoms with Crippen LogP contribution in [0.4, 0.5) is 5.69 Å². The number of carbonyl (C=O) groups excluding carboxylic acids is 2. The van der Waals surface area contributed by atoms with E-state index in [2.05, 4.69) is 10.5 Å². The topological polar surface area (TPSA) is 107 Å². The van der Waals surface area contributed by atoms with Gasteiger partial charge in [-0.1, -0.05) is 11.2 Å². The molecule has 0 fully saturated rings. The number of rotatable bonds is 6. The monoisotopic (exact) mass is 343 g/mol. The second kappa shape index (κ2) is 6.97. The number of hydrogen-bond acceptors (Lipinski definition) is 6. The number of anilines is 1. The first-order chi connectivity index (χ1) is 11.6. The summed E-state index contributed by atoms with van der Waals surface area (Å²) in [6.45, 7) is -0.198. The zero-order valence-corrected chi connectivity index (χ0v) is 13.2. The van der Waals surface area contributed by atoms with Gasteiger partial charge in [-0.15, -0.1) is 11.3 Å². The van der Waals surface area contributed by atoms with Gasteiger partial charge in [0.15, 0.2) is 18.1 Å². The summed E-state index contributed by atoms with van der Waals surface area (Å²) < 4.78 is 10.3. The Hall–Kier alpha value is -3.13. The third-order valence-electron chi connectivity index (χ3n) is 3.00. The van der Waals surface area contributed by atoms with Crippen LogP contribution >= 0.6 is 11.3 Å². The standard InChI is InChI=1S/C16H13N3O4S/c17-15(20)9-22-11-5-3-10(4-6-11)18-16(21)12-8-13(23-19-12)14-2-1-7-24-14/h1-8H,9H2,(H2,17,20)(H,18,21). The minimum atomic E-state index is -0.556. The second-order valence-corrected chi connectivity index (χ2v) is 5.73. The SMILES string of the molecule is NC(=O)COc1ccc(NC(=O)c2cc(-c3cccs3)on2)cc1. The van der Waals surface area contributed by atoms with E-state index in [9.17, 15) is 9.59 Å². The van der Waals surface area contributed by atoms with Gasteiger partial charge in [-0.25, -0.2) is 0 Å². The van der Waals surface area contributed by atoms with E-state index in [4.69, 9.17) is 15.0 Å². The Balaban J connectivity index is 1.63. The number of nitrogens with one attached hydrogen (secondary N) is 1. The van der Waals surface area contributed by atoms with Gasteiger partial charge >= 0.3 is 0 Å². The minimum absolute atomic E-state index is 0.187. The Kier molecular flexibility index (Phi) is 4.57. The highest BCUT2D eigenvalue weighted by Crippen LogP contribution is 2.25. The summed E-state index contributed by atoms with van der Waals surface area (Å²) in [6, 6.07) is 11.9. The fourth-order valence-electron chi connectivity index (χ4n) is 1.90. The van der Waals surface area contributed by atoms with Gasteiger partial charge in [0.2, 0.25) is 0 Å². The molecular weight excluding hydrogens is 330 g/mol. The summed E-state index contributed by atoms with van der Waals surface area (Å²) in [7, 11) is 0. The molecule has 0 atom stereocenters. The Morgan fingerprint density at radius 3 is 2.71 bits per heavy atom. The van der Waals surface area contributed by atoms with E-state index in [1.807, 2.05) is 17.5 Å². The first-order valence-corrected chi connectivity index (χ1v) is 7.83. The number of ether oxygens (including phenoxy) is 1. The van der Waals surface area contributed by atoms with Crippen molar-refractivity contribution < 1.29 is 18.8 Å². The van der Waals surface area contributed by atoms with E-state index < -0.39 is 5.91 Å². The average molecular weight is 343 g/mol. The molecule has 0 unspecified atom stereocenters. The van der Waals surface area contributed by atoms with Crippen LogP contribution in [-0.2, 0) is 4.79 Å². The third kappa shape index (κ3) is 3.79. The van der Waals surface area contributed by atoms with Gasteiger partial charge in [-0.3, -0.25) is 9.59 Å². The van der Waals surface area contributed by atoms with Crippen molar-refractivity contribution >= 4 is 28.8 Å². The van der Waals surface area contributed by atoms with Crippen LogP contribution in [0.25, 0.3) is 10.6 Å². The van der Waals surface area contributed by atoms with Crippen LogP contribution in [-0.4, -0.2) is 23.6 Å². The van der Waals surface area contributed by atoms with Gasteiger partial charge in [0.1, 0.15) is 5.75 Å². The minimum Gasteiger partial charge on any atom is -0.484 e. The molecule has 2 amide bonds. The molecule has 2 heterocycles. The maximum atomic E-state index is 12.2. The molecule has 0 saturated heterocycles. The van der Waals surface area contributed by atoms with Crippen molar-refractivity contribution in [1.29, 1.82) is 0 Å². The molecule has 0 saturated carbocycles. The van der Waals surface area contributed by atoms with Gasteiger partial charge in [0.05, 0.1) is 4.88 Å². The van der Waals surface area contributed by atoms with Crippen LogP contribution in [0.5, 0.6) is 5.75 Å². The average Bonchev–Trinajstić information content (AvgIpc) is 3.25. The van der Waals surface area contributed by atoms with E-state index in [0.29, 0.717) is 17.2 Å². The molecule has 122 valence electrons. The summed E-state index contributed by atoms with van der Waals surface area (Å²) in [6.07, 6.45) is 0. The summed E-state index contributed by atoms with van der Waals surface area (Å²) >= 11 is 1.50. The number of aromatic nitrogens is 1. The van der Waals surface area contributed by atoms with E-state index in [0.717, 1.165) is 4.88 Å². The smallest absolute Gasteiger partial charge is 0.277 e. The Morgan fingerprint density at radius 1 is 1.25 bits per heavy atom. The van der Waals surface area contributed by atoms with Gasteiger partial charge in [-0.05, 0) is 35.7 Å². The number of primary amides is 1. The molecule has 3 aromatic rings. The quantitative estimate of drug-likeness (QED) is 0.715. The number of carbonyl (C=O) groups is 2. The zero-order chi connectivity index (χ0) is 16.9. The van der Waals surface area contributed by atoms with Crippen LogP contribution in [0, 0.1) is 0 Å². The first kappa shape index (κ1) is 15.8. The normalized spacial score (nSPS) is 10.3. The van der Waals surface area contributed by atoms with Gasteiger partial charge in [-0.2, -0.15) is 0 Å². The third-order valence-corrected chi connectivity index (χ3v) is 3.88. The second-order valence-electron chi connectivity index (χ2n) is 4.79. The van der Waals surface area contributed by atoms with Gasteiger partial charge < -0.3 is 20.3 Å². The molecule has 1 aromatic carbocycles. The summed E-state index contributed by atoms with van der Waals surface area (Å²) in [5.41, 5.74) is 5.75. The number of amides is 2. The van der Waals surface area contributed by atoms with Crippen molar-refractivity contribution in [2.45, 2.75) is 0 Å². The number of benzene rings is 1. The van der Waals surface area contributed by atoms with Crippen molar-refractivity contribution in [3.8, 4) is 16.4 Å². The molecule has 0 aliphatic heterocycles. The van der Waals surface area contributed by atoms with Crippen molar-refractivity contribution in [3.63, 3.8) is 0 Å². The number of nitrogens with zero attached hydrogens (tertiary/aromatic N) is 1. The predicted octanol–water partition coefficient (Wildman–Crippen LogP) is 2.52. The van der Waals surface area contributed by atoms with Crippen LogP contribution < -0.4 is 15.8 Å². The van der Waals surface area contributed by atoms with E-state index >= 15 is 0 Å². The Bertz CT molecular complexity index is 841. The number of hydrogen-bond donors (Lipinski definition) is 2. The molecule has 2 aromatic heterocycles. The van der Waals surface area contributed by atoms with Crippen molar-refractivity contribution in [2.75, 3.05) is 11.9 Å². The number of nitrogens with two attached hydrogens (primary N) is 1. The lowest BCUT2D eigenvalue weighted by Crippen LogP contribution is -2.20. The molecule has 24 heavy (non-hydrogen) atoms. The van der Waals surface area contributed by atoms with Crippen molar-refractivity contribution in [1.82, 2.24) is 5.16 Å². The summed E-state index contributed by atoms with van der Waals surface area (Å²) in [5.74, 6) is 0.0888. The molecule has 0 aliphatic carbocycles. The highest BCUT2D eigenvalue weighted by atomic mass is 32.1. The molecule has 0 bridgehead atoms. The van der Waals surface area contributed by atoms with Gasteiger partial charge in [0, 0.05) is 11.8 Å². The van der Waals surface area contributed by atoms with Crippen LogP contribution in [0.1, 0.15) is 10.5 Å². The maximum absolute atomic E-state index is 12.2. The molecule has 0 spiro atoms. The van der Waals surface area contributed by atoms with E-state index in [1.54, 1.807) is 30.3 Å². The maximum Gasteiger partial charge on any atom is 0.277 e. The molecule has 3 N–H and O–H groups in total. The lowest BCUT2D eigenvalue weighted by atomic mass is 10.2. The highest BCUT2D eigenvalue weighted by molar-refractivity contribution is 7.13. The highest BCUT2D eigenvalue weighted by Gasteiger charge is 2.14. The number of thiophene rings is 1. The van der Waals surface area contributed by atoms with Crippen molar-refractivity contribution in [2.24, 2.45) is 5.73 Å². The molecular formula is C16H13N3O4S. The van der Waals surface area contributed by atoms with E-state index in [1.165, 1.54) is 11.3 Å². The molecule has 8 heteroatoms. The lowest BCUT2D eigenvalue weighted by molar-refractivity contribution is -0.119. The fraction of sp³-hybridized carbons (Fsp3) is 0.0625. The molecule has 0 radical (unpaired) electrons. The molecule has 7 nitrogen and oxygen atoms in total. The Labute approximate surface area is 141 Å². The van der Waals surface area contributed by atoms with E-state index in [-0.39, 0.29) is 18.2 Å². The fourth-order valence-corrected chi connectivity index (χ4v) is 2.57. The van der Waals surface area contributed by atoms with Crippen LogP contribution in [0.3, 0.4) is 0 Å². The summed E-state index contributed by atoms with van der Waals surface area (Å²) in [5, 5.41) is 8.40. The largest absolute Gasteiger partial charge is 0.484 e. The summed E-state index contributed by atoms with van der Waals surface area (Å²) in [4.78, 5) is 23.7.